The number of hydrogen-bond acceptors (Lipinski definition) is 7. The topological polar surface area (TPSA) is 105 Å². The Morgan fingerprint density at radius 3 is 2.81 bits per heavy atom. The number of rotatable bonds is 7. The number of hydrogen-bond donors (Lipinski definition) is 2. The van der Waals surface area contributed by atoms with Gasteiger partial charge in [0.25, 0.3) is 0 Å². The monoisotopic (exact) mass is 374 g/mol. The van der Waals surface area contributed by atoms with Gasteiger partial charge in [-0.05, 0) is 26.2 Å². The van der Waals surface area contributed by atoms with Crippen molar-refractivity contribution in [3.63, 3.8) is 0 Å². The maximum absolute atomic E-state index is 12.3. The van der Waals surface area contributed by atoms with Gasteiger partial charge in [0, 0.05) is 31.3 Å². The van der Waals surface area contributed by atoms with E-state index in [9.17, 15) is 4.79 Å². The maximum atomic E-state index is 12.3. The van der Waals surface area contributed by atoms with Crippen molar-refractivity contribution in [2.24, 2.45) is 0 Å². The summed E-state index contributed by atoms with van der Waals surface area (Å²) in [6.45, 7) is 6.22. The predicted molar refractivity (Wildman–Crippen MR) is 99.5 cm³/mol. The van der Waals surface area contributed by atoms with Crippen molar-refractivity contribution in [1.29, 1.82) is 0 Å². The van der Waals surface area contributed by atoms with Gasteiger partial charge in [-0.25, -0.2) is 14.8 Å². The Labute approximate surface area is 158 Å². The number of likely N-dealkylation sites (tertiary alicyclic amines) is 1. The first kappa shape index (κ1) is 18.9. The second-order valence-corrected chi connectivity index (χ2v) is 6.38. The van der Waals surface area contributed by atoms with Crippen molar-refractivity contribution in [1.82, 2.24) is 25.3 Å². The van der Waals surface area contributed by atoms with E-state index >= 15 is 0 Å². The van der Waals surface area contributed by atoms with Crippen molar-refractivity contribution >= 4 is 11.8 Å². The van der Waals surface area contributed by atoms with E-state index in [4.69, 9.17) is 9.26 Å². The molecule has 0 radical (unpaired) electrons. The molecular weight excluding hydrogens is 348 g/mol. The summed E-state index contributed by atoms with van der Waals surface area (Å²) in [5, 5.41) is 10.2. The fourth-order valence-corrected chi connectivity index (χ4v) is 2.96. The first-order valence-corrected chi connectivity index (χ1v) is 9.36. The Balaban J connectivity index is 1.42. The molecule has 2 amide bonds. The normalized spacial score (nSPS) is 14.8. The van der Waals surface area contributed by atoms with Gasteiger partial charge in [-0.3, -0.25) is 0 Å². The Bertz CT molecular complexity index is 742. The van der Waals surface area contributed by atoms with Gasteiger partial charge >= 0.3 is 6.03 Å². The lowest BCUT2D eigenvalue weighted by molar-refractivity contribution is 0.182. The molecule has 9 heteroatoms. The third-order valence-corrected chi connectivity index (χ3v) is 4.45. The number of aryl methyl sites for hydroxylation is 1. The first-order chi connectivity index (χ1) is 13.2. The van der Waals surface area contributed by atoms with Crippen LogP contribution in [0.15, 0.2) is 23.0 Å². The van der Waals surface area contributed by atoms with Crippen LogP contribution >= 0.6 is 0 Å². The molecule has 1 fully saturated rings. The highest BCUT2D eigenvalue weighted by Crippen LogP contribution is 2.17. The van der Waals surface area contributed by atoms with E-state index in [1.807, 2.05) is 24.8 Å². The summed E-state index contributed by atoms with van der Waals surface area (Å²) < 4.78 is 10.6. The number of ether oxygens (including phenoxy) is 1. The zero-order valence-electron chi connectivity index (χ0n) is 15.8. The highest BCUT2D eigenvalue weighted by atomic mass is 16.5. The van der Waals surface area contributed by atoms with E-state index in [-0.39, 0.29) is 12.1 Å². The molecule has 0 saturated carbocycles. The molecule has 9 nitrogen and oxygen atoms in total. The molecule has 3 heterocycles. The Morgan fingerprint density at radius 2 is 2.11 bits per heavy atom. The van der Waals surface area contributed by atoms with Crippen LogP contribution in [0.1, 0.15) is 38.1 Å². The van der Waals surface area contributed by atoms with Gasteiger partial charge in [-0.15, -0.1) is 0 Å². The van der Waals surface area contributed by atoms with Gasteiger partial charge in [0.2, 0.25) is 5.88 Å². The molecule has 1 aliphatic rings. The first-order valence-electron chi connectivity index (χ1n) is 9.36. The lowest BCUT2D eigenvalue weighted by Crippen LogP contribution is -2.46. The van der Waals surface area contributed by atoms with E-state index in [0.29, 0.717) is 37.9 Å². The summed E-state index contributed by atoms with van der Waals surface area (Å²) in [7, 11) is 0. The number of nitrogens with zero attached hydrogens (tertiary/aromatic N) is 4. The zero-order chi connectivity index (χ0) is 19.1. The summed E-state index contributed by atoms with van der Waals surface area (Å²) in [6, 6.07) is 3.85. The Hall–Kier alpha value is -2.84. The van der Waals surface area contributed by atoms with Crippen LogP contribution in [0.4, 0.5) is 10.6 Å². The van der Waals surface area contributed by atoms with Crippen LogP contribution in [-0.4, -0.2) is 51.8 Å². The number of carbonyl (C=O) groups is 1. The van der Waals surface area contributed by atoms with Crippen molar-refractivity contribution in [3.05, 3.63) is 29.9 Å². The van der Waals surface area contributed by atoms with Gasteiger partial charge in [-0.2, -0.15) is 0 Å². The molecule has 0 aliphatic carbocycles. The number of piperidine rings is 1. The van der Waals surface area contributed by atoms with Gasteiger partial charge in [-0.1, -0.05) is 12.1 Å². The van der Waals surface area contributed by atoms with E-state index in [0.717, 1.165) is 30.8 Å². The van der Waals surface area contributed by atoms with Crippen molar-refractivity contribution in [2.75, 3.05) is 25.0 Å². The molecule has 2 aromatic heterocycles. The third kappa shape index (κ3) is 5.32. The molecule has 1 aliphatic heterocycles. The molecule has 0 unspecified atom stereocenters. The maximum Gasteiger partial charge on any atom is 0.317 e. The van der Waals surface area contributed by atoms with Crippen molar-refractivity contribution in [3.8, 4) is 5.88 Å². The molecule has 146 valence electrons. The summed E-state index contributed by atoms with van der Waals surface area (Å²) in [5.41, 5.74) is 0.892. The number of anilines is 1. The molecule has 2 N–H and O–H groups in total. The van der Waals surface area contributed by atoms with E-state index in [1.165, 1.54) is 6.33 Å². The van der Waals surface area contributed by atoms with Crippen molar-refractivity contribution < 1.29 is 14.1 Å². The smallest absolute Gasteiger partial charge is 0.317 e. The number of aromatic nitrogens is 3. The number of amides is 2. The quantitative estimate of drug-likeness (QED) is 0.765. The van der Waals surface area contributed by atoms with Crippen LogP contribution in [-0.2, 0) is 13.0 Å². The largest absolute Gasteiger partial charge is 0.478 e. The van der Waals surface area contributed by atoms with E-state index < -0.39 is 0 Å². The van der Waals surface area contributed by atoms with Crippen LogP contribution in [0.5, 0.6) is 5.88 Å². The van der Waals surface area contributed by atoms with E-state index in [2.05, 4.69) is 25.8 Å². The van der Waals surface area contributed by atoms with Crippen LogP contribution < -0.4 is 15.4 Å². The standard InChI is InChI=1S/C18H26N6O3/c1-3-13-9-15(27-23-13)11-19-18(25)24-7-5-14(6-8-24)22-16-10-17(26-4-2)21-12-20-16/h9-10,12,14H,3-8,11H2,1-2H3,(H,19,25)(H,20,21,22). The molecule has 0 atom stereocenters. The third-order valence-electron chi connectivity index (χ3n) is 4.45. The zero-order valence-corrected chi connectivity index (χ0v) is 15.8. The SMILES string of the molecule is CCOc1cc(NC2CCN(C(=O)NCc3cc(CC)no3)CC2)ncn1. The van der Waals surface area contributed by atoms with Gasteiger partial charge in [0.1, 0.15) is 12.1 Å². The molecule has 0 spiro atoms. The second kappa shape index (κ2) is 9.20. The summed E-state index contributed by atoms with van der Waals surface area (Å²) >= 11 is 0. The Kier molecular flexibility index (Phi) is 6.45. The summed E-state index contributed by atoms with van der Waals surface area (Å²) in [5.74, 6) is 1.98. The predicted octanol–water partition coefficient (Wildman–Crippen LogP) is 2.21. The molecule has 27 heavy (non-hydrogen) atoms. The highest BCUT2D eigenvalue weighted by Gasteiger charge is 2.23. The number of urea groups is 1. The van der Waals surface area contributed by atoms with E-state index in [1.54, 1.807) is 6.07 Å². The molecular formula is C18H26N6O3. The molecule has 1 saturated heterocycles. The van der Waals surface area contributed by atoms with Crippen LogP contribution in [0.2, 0.25) is 0 Å². The van der Waals surface area contributed by atoms with Gasteiger partial charge in [0.15, 0.2) is 5.76 Å². The Morgan fingerprint density at radius 1 is 1.30 bits per heavy atom. The average Bonchev–Trinajstić information content (AvgIpc) is 3.15. The van der Waals surface area contributed by atoms with Crippen molar-refractivity contribution in [2.45, 2.75) is 45.7 Å². The fourth-order valence-electron chi connectivity index (χ4n) is 2.96. The minimum absolute atomic E-state index is 0.0800. The molecule has 2 aromatic rings. The van der Waals surface area contributed by atoms with Crippen LogP contribution in [0, 0.1) is 0 Å². The van der Waals surface area contributed by atoms with Gasteiger partial charge in [0.05, 0.1) is 18.8 Å². The molecule has 3 rings (SSSR count). The lowest BCUT2D eigenvalue weighted by Gasteiger charge is -2.32. The average molecular weight is 374 g/mol. The highest BCUT2D eigenvalue weighted by molar-refractivity contribution is 5.74. The van der Waals surface area contributed by atoms with Gasteiger partial charge < -0.3 is 24.8 Å². The van der Waals surface area contributed by atoms with Crippen LogP contribution in [0.25, 0.3) is 0 Å². The minimum Gasteiger partial charge on any atom is -0.478 e. The molecule has 0 aromatic carbocycles. The molecule has 0 bridgehead atoms. The summed E-state index contributed by atoms with van der Waals surface area (Å²) in [6.07, 6.45) is 4.01. The van der Waals surface area contributed by atoms with Crippen LogP contribution in [0.3, 0.4) is 0 Å². The minimum atomic E-state index is -0.0800. The second-order valence-electron chi connectivity index (χ2n) is 6.38. The summed E-state index contributed by atoms with van der Waals surface area (Å²) in [4.78, 5) is 22.4. The number of nitrogens with one attached hydrogen (secondary N) is 2. The number of carbonyl (C=O) groups excluding carboxylic acids is 1. The lowest BCUT2D eigenvalue weighted by atomic mass is 10.1. The fraction of sp³-hybridized carbons (Fsp3) is 0.556.